The molecule has 3 N–H and O–H groups in total. The maximum atomic E-state index is 10.9. The van der Waals surface area contributed by atoms with Crippen LogP contribution in [-0.4, -0.2) is 32.5 Å². The number of aromatic nitrogens is 2. The molecule has 2 heterocycles. The Morgan fingerprint density at radius 3 is 2.79 bits per heavy atom. The molecule has 6 rings (SSSR count). The Morgan fingerprint density at radius 2 is 1.97 bits per heavy atom. The van der Waals surface area contributed by atoms with Crippen LogP contribution in [-0.2, 0) is 24.3 Å². The summed E-state index contributed by atoms with van der Waals surface area (Å²) in [5.74, 6) is 0.220. The van der Waals surface area contributed by atoms with Crippen LogP contribution in [0.25, 0.3) is 43.7 Å². The van der Waals surface area contributed by atoms with Gasteiger partial charge in [-0.15, -0.1) is 0 Å². The second-order valence-corrected chi connectivity index (χ2v) is 9.45. The van der Waals surface area contributed by atoms with E-state index in [1.807, 2.05) is 6.20 Å². The number of aromatic amines is 1. The Balaban J connectivity index is 1.69. The van der Waals surface area contributed by atoms with E-state index in [0.29, 0.717) is 13.0 Å². The standard InChI is InChI=1S/C29H30N2O3/c1-3-17(2)34-16-18-9-10-24-21(13-18)26-23-15-30-29(33)27(23)25-20-8-5-4-7-19(20)14-22(25)28(26)31(24)11-6-12-32/h4-5,7-10,13,15,17,30,32-33H,3,6,11-12,14,16H2,1-2H3/t17-/m1/s1. The molecule has 0 fully saturated rings. The fourth-order valence-corrected chi connectivity index (χ4v) is 5.61. The Hall–Kier alpha value is -3.28. The monoisotopic (exact) mass is 454 g/mol. The predicted octanol–water partition coefficient (Wildman–Crippen LogP) is 6.25. The number of nitrogens with one attached hydrogen (secondary N) is 1. The van der Waals surface area contributed by atoms with Gasteiger partial charge in [0.15, 0.2) is 5.88 Å². The van der Waals surface area contributed by atoms with Gasteiger partial charge in [-0.25, -0.2) is 0 Å². The van der Waals surface area contributed by atoms with E-state index in [1.54, 1.807) is 0 Å². The van der Waals surface area contributed by atoms with E-state index in [2.05, 4.69) is 65.9 Å². The van der Waals surface area contributed by atoms with Crippen molar-refractivity contribution in [3.63, 3.8) is 0 Å². The summed E-state index contributed by atoms with van der Waals surface area (Å²) < 4.78 is 8.40. The molecule has 0 aliphatic heterocycles. The van der Waals surface area contributed by atoms with Gasteiger partial charge in [-0.3, -0.25) is 0 Å². The average molecular weight is 455 g/mol. The minimum absolute atomic E-state index is 0.150. The third-order valence-electron chi connectivity index (χ3n) is 7.40. The zero-order chi connectivity index (χ0) is 23.4. The van der Waals surface area contributed by atoms with Gasteiger partial charge in [0.05, 0.1) is 23.6 Å². The summed E-state index contributed by atoms with van der Waals surface area (Å²) in [4.78, 5) is 3.09. The largest absolute Gasteiger partial charge is 0.494 e. The Bertz CT molecular complexity index is 1540. The minimum atomic E-state index is 0.150. The molecule has 2 aromatic heterocycles. The van der Waals surface area contributed by atoms with Crippen LogP contribution in [0.3, 0.4) is 0 Å². The summed E-state index contributed by atoms with van der Waals surface area (Å²) in [5.41, 5.74) is 8.37. The highest BCUT2D eigenvalue weighted by Crippen LogP contribution is 2.50. The normalized spacial score (nSPS) is 13.7. The number of hydrogen-bond acceptors (Lipinski definition) is 3. The molecule has 5 heteroatoms. The van der Waals surface area contributed by atoms with Crippen molar-refractivity contribution in [2.75, 3.05) is 6.61 Å². The zero-order valence-electron chi connectivity index (χ0n) is 19.7. The molecule has 174 valence electrons. The van der Waals surface area contributed by atoms with Crippen LogP contribution in [0.15, 0.2) is 48.7 Å². The van der Waals surface area contributed by atoms with Crippen LogP contribution in [0, 0.1) is 0 Å². The number of nitrogens with zero attached hydrogens (tertiary/aromatic N) is 1. The number of aliphatic hydroxyl groups excluding tert-OH is 1. The first-order valence-electron chi connectivity index (χ1n) is 12.2. The molecule has 34 heavy (non-hydrogen) atoms. The topological polar surface area (TPSA) is 70.4 Å². The summed E-state index contributed by atoms with van der Waals surface area (Å²) in [6.07, 6.45) is 4.67. The SMILES string of the molecule is CC[C@@H](C)OCc1ccc2c(c1)c1c3c[nH]c(O)c3c3c(c1n2CCCO)Cc1ccccc1-3. The number of aliphatic hydroxyl groups is 1. The number of aryl methyl sites for hydroxylation is 1. The van der Waals surface area contributed by atoms with E-state index in [-0.39, 0.29) is 18.6 Å². The van der Waals surface area contributed by atoms with E-state index in [9.17, 15) is 10.2 Å². The molecule has 5 aromatic rings. The zero-order valence-corrected chi connectivity index (χ0v) is 19.7. The van der Waals surface area contributed by atoms with Gasteiger partial charge in [0.25, 0.3) is 0 Å². The second kappa shape index (κ2) is 8.19. The molecule has 1 aliphatic carbocycles. The number of ether oxygens (including phenoxy) is 1. The maximum Gasteiger partial charge on any atom is 0.197 e. The van der Waals surface area contributed by atoms with Gasteiger partial charge in [0.2, 0.25) is 0 Å². The Kier molecular flexibility index (Phi) is 5.12. The van der Waals surface area contributed by atoms with Crippen LogP contribution < -0.4 is 0 Å². The predicted molar refractivity (Wildman–Crippen MR) is 137 cm³/mol. The van der Waals surface area contributed by atoms with Gasteiger partial charge < -0.3 is 24.5 Å². The van der Waals surface area contributed by atoms with Crippen LogP contribution in [0.4, 0.5) is 0 Å². The molecule has 0 unspecified atom stereocenters. The fraction of sp³-hybridized carbons (Fsp3) is 0.310. The van der Waals surface area contributed by atoms with Gasteiger partial charge in [0, 0.05) is 53.0 Å². The van der Waals surface area contributed by atoms with E-state index < -0.39 is 0 Å². The summed E-state index contributed by atoms with van der Waals surface area (Å²) in [5, 5.41) is 24.8. The van der Waals surface area contributed by atoms with E-state index >= 15 is 0 Å². The van der Waals surface area contributed by atoms with Crippen molar-refractivity contribution in [2.45, 2.75) is 52.4 Å². The Labute approximate surface area is 198 Å². The van der Waals surface area contributed by atoms with Crippen molar-refractivity contribution in [2.24, 2.45) is 0 Å². The first-order chi connectivity index (χ1) is 16.6. The lowest BCUT2D eigenvalue weighted by Crippen LogP contribution is -2.06. The van der Waals surface area contributed by atoms with Gasteiger partial charge in [-0.05, 0) is 54.2 Å². The lowest BCUT2D eigenvalue weighted by Gasteiger charge is -2.12. The highest BCUT2D eigenvalue weighted by molar-refractivity contribution is 6.27. The van der Waals surface area contributed by atoms with Crippen molar-refractivity contribution < 1.29 is 14.9 Å². The second-order valence-electron chi connectivity index (χ2n) is 9.45. The number of hydrogen-bond donors (Lipinski definition) is 3. The van der Waals surface area contributed by atoms with Gasteiger partial charge in [0.1, 0.15) is 0 Å². The molecule has 0 radical (unpaired) electrons. The van der Waals surface area contributed by atoms with Gasteiger partial charge in [-0.2, -0.15) is 0 Å². The van der Waals surface area contributed by atoms with Crippen LogP contribution in [0.2, 0.25) is 0 Å². The number of fused-ring (bicyclic) bond motifs is 10. The number of H-pyrrole nitrogens is 1. The molecule has 0 spiro atoms. The van der Waals surface area contributed by atoms with Gasteiger partial charge >= 0.3 is 0 Å². The molecule has 0 saturated carbocycles. The van der Waals surface area contributed by atoms with Gasteiger partial charge in [-0.1, -0.05) is 37.3 Å². The molecular weight excluding hydrogens is 424 g/mol. The summed E-state index contributed by atoms with van der Waals surface area (Å²) in [7, 11) is 0. The number of rotatable bonds is 7. The highest BCUT2D eigenvalue weighted by atomic mass is 16.5. The smallest absolute Gasteiger partial charge is 0.197 e. The van der Waals surface area contributed by atoms with Crippen LogP contribution in [0.5, 0.6) is 5.88 Å². The fourth-order valence-electron chi connectivity index (χ4n) is 5.61. The number of aromatic hydroxyl groups is 1. The van der Waals surface area contributed by atoms with Crippen molar-refractivity contribution in [1.29, 1.82) is 0 Å². The summed E-state index contributed by atoms with van der Waals surface area (Å²) in [6.45, 7) is 5.70. The Morgan fingerprint density at radius 1 is 1.12 bits per heavy atom. The molecular formula is C29H30N2O3. The van der Waals surface area contributed by atoms with Crippen molar-refractivity contribution in [1.82, 2.24) is 9.55 Å². The molecule has 0 saturated heterocycles. The third-order valence-corrected chi connectivity index (χ3v) is 7.40. The lowest BCUT2D eigenvalue weighted by atomic mass is 9.96. The van der Waals surface area contributed by atoms with Crippen molar-refractivity contribution in [3.05, 3.63) is 65.4 Å². The lowest BCUT2D eigenvalue weighted by molar-refractivity contribution is 0.0509. The molecule has 1 aliphatic rings. The molecule has 0 bridgehead atoms. The van der Waals surface area contributed by atoms with E-state index in [4.69, 9.17) is 4.74 Å². The number of benzene rings is 3. The maximum absolute atomic E-state index is 10.9. The molecule has 3 aromatic carbocycles. The van der Waals surface area contributed by atoms with Crippen molar-refractivity contribution in [3.8, 4) is 17.0 Å². The van der Waals surface area contributed by atoms with Crippen molar-refractivity contribution >= 4 is 32.6 Å². The molecule has 0 amide bonds. The average Bonchev–Trinajstić information content (AvgIpc) is 3.52. The van der Waals surface area contributed by atoms with Crippen LogP contribution >= 0.6 is 0 Å². The summed E-state index contributed by atoms with van der Waals surface area (Å²) >= 11 is 0. The molecule has 1 atom stereocenters. The highest BCUT2D eigenvalue weighted by Gasteiger charge is 2.29. The minimum Gasteiger partial charge on any atom is -0.494 e. The van der Waals surface area contributed by atoms with Crippen LogP contribution in [0.1, 0.15) is 43.4 Å². The van der Waals surface area contributed by atoms with E-state index in [1.165, 1.54) is 27.6 Å². The third kappa shape index (κ3) is 3.07. The quantitative estimate of drug-likeness (QED) is 0.267. The van der Waals surface area contributed by atoms with E-state index in [0.717, 1.165) is 52.2 Å². The molecule has 5 nitrogen and oxygen atoms in total. The first-order valence-corrected chi connectivity index (χ1v) is 12.2. The first kappa shape index (κ1) is 21.3. The summed E-state index contributed by atoms with van der Waals surface area (Å²) in [6, 6.07) is 15.1.